The van der Waals surface area contributed by atoms with Crippen LogP contribution in [0.5, 0.6) is 0 Å². The molecule has 0 saturated heterocycles. The van der Waals surface area contributed by atoms with E-state index in [-0.39, 0.29) is 6.04 Å². The number of aromatic nitrogens is 3. The van der Waals surface area contributed by atoms with E-state index in [0.717, 1.165) is 31.5 Å². The molecule has 21 heavy (non-hydrogen) atoms. The summed E-state index contributed by atoms with van der Waals surface area (Å²) in [5, 5.41) is 0. The SMILES string of the molecule is CCC(N)Cc1cnc(-n2cnc3c2CCCC3)c(C)c1. The Morgan fingerprint density at radius 3 is 2.86 bits per heavy atom. The molecule has 2 heterocycles. The molecule has 0 radical (unpaired) electrons. The average molecular weight is 284 g/mol. The Labute approximate surface area is 126 Å². The lowest BCUT2D eigenvalue weighted by atomic mass is 10.0. The van der Waals surface area contributed by atoms with E-state index in [1.165, 1.54) is 35.4 Å². The van der Waals surface area contributed by atoms with Gasteiger partial charge in [0.15, 0.2) is 0 Å². The van der Waals surface area contributed by atoms with Crippen molar-refractivity contribution >= 4 is 0 Å². The van der Waals surface area contributed by atoms with Crippen LogP contribution in [-0.2, 0) is 19.3 Å². The Hall–Kier alpha value is -1.68. The first kappa shape index (κ1) is 14.3. The molecule has 1 atom stereocenters. The summed E-state index contributed by atoms with van der Waals surface area (Å²) in [6.45, 7) is 4.25. The van der Waals surface area contributed by atoms with Crippen LogP contribution in [0.1, 0.15) is 48.7 Å². The highest BCUT2D eigenvalue weighted by atomic mass is 15.1. The first-order valence-electron chi connectivity index (χ1n) is 7.95. The van der Waals surface area contributed by atoms with Crippen molar-refractivity contribution in [3.63, 3.8) is 0 Å². The molecule has 2 aromatic rings. The predicted octanol–water partition coefficient (Wildman–Crippen LogP) is 2.73. The van der Waals surface area contributed by atoms with Crippen LogP contribution in [0, 0.1) is 6.92 Å². The zero-order chi connectivity index (χ0) is 14.8. The Morgan fingerprint density at radius 2 is 2.10 bits per heavy atom. The van der Waals surface area contributed by atoms with Crippen molar-refractivity contribution in [2.45, 2.75) is 58.4 Å². The molecule has 0 saturated carbocycles. The minimum Gasteiger partial charge on any atom is -0.327 e. The Kier molecular flexibility index (Phi) is 4.06. The highest BCUT2D eigenvalue weighted by Gasteiger charge is 2.17. The largest absolute Gasteiger partial charge is 0.327 e. The highest BCUT2D eigenvalue weighted by molar-refractivity contribution is 5.38. The summed E-state index contributed by atoms with van der Waals surface area (Å²) in [6, 6.07) is 2.44. The maximum absolute atomic E-state index is 6.04. The van der Waals surface area contributed by atoms with Gasteiger partial charge in [0.1, 0.15) is 12.1 Å². The van der Waals surface area contributed by atoms with Gasteiger partial charge in [0.05, 0.1) is 5.69 Å². The lowest BCUT2D eigenvalue weighted by Crippen LogP contribution is -2.21. The van der Waals surface area contributed by atoms with Gasteiger partial charge >= 0.3 is 0 Å². The van der Waals surface area contributed by atoms with Gasteiger partial charge in [-0.05, 0) is 56.6 Å². The Bertz CT molecular complexity index is 630. The van der Waals surface area contributed by atoms with Crippen molar-refractivity contribution in [3.05, 3.63) is 41.1 Å². The molecule has 112 valence electrons. The zero-order valence-electron chi connectivity index (χ0n) is 13.0. The van der Waals surface area contributed by atoms with Gasteiger partial charge in [0.25, 0.3) is 0 Å². The molecular weight excluding hydrogens is 260 g/mol. The first-order valence-corrected chi connectivity index (χ1v) is 7.95. The molecule has 0 spiro atoms. The topological polar surface area (TPSA) is 56.7 Å². The molecule has 0 bridgehead atoms. The molecular formula is C17H24N4. The standard InChI is InChI=1S/C17H24N4/c1-3-14(18)9-13-8-12(2)17(19-10-13)21-11-20-15-6-4-5-7-16(15)21/h8,10-11,14H,3-7,9,18H2,1-2H3. The van der Waals surface area contributed by atoms with E-state index >= 15 is 0 Å². The normalized spacial score (nSPS) is 15.8. The summed E-state index contributed by atoms with van der Waals surface area (Å²) >= 11 is 0. The molecule has 0 fully saturated rings. The van der Waals surface area contributed by atoms with Crippen molar-refractivity contribution < 1.29 is 0 Å². The minimum absolute atomic E-state index is 0.220. The van der Waals surface area contributed by atoms with Crippen LogP contribution >= 0.6 is 0 Å². The van der Waals surface area contributed by atoms with E-state index < -0.39 is 0 Å². The van der Waals surface area contributed by atoms with Gasteiger partial charge in [-0.25, -0.2) is 9.97 Å². The number of hydrogen-bond acceptors (Lipinski definition) is 3. The van der Waals surface area contributed by atoms with E-state index in [0.29, 0.717) is 0 Å². The molecule has 2 N–H and O–H groups in total. The number of nitrogens with two attached hydrogens (primary N) is 1. The summed E-state index contributed by atoms with van der Waals surface area (Å²) in [5.74, 6) is 1.01. The van der Waals surface area contributed by atoms with E-state index in [1.807, 2.05) is 12.5 Å². The molecule has 1 unspecified atom stereocenters. The fourth-order valence-corrected chi connectivity index (χ4v) is 3.09. The maximum atomic E-state index is 6.04. The first-order chi connectivity index (χ1) is 10.2. The summed E-state index contributed by atoms with van der Waals surface area (Å²) in [7, 11) is 0. The third kappa shape index (κ3) is 2.86. The predicted molar refractivity (Wildman–Crippen MR) is 84.7 cm³/mol. The molecule has 0 aliphatic heterocycles. The van der Waals surface area contributed by atoms with Crippen molar-refractivity contribution in [1.82, 2.24) is 14.5 Å². The second kappa shape index (κ2) is 5.98. The van der Waals surface area contributed by atoms with Gasteiger partial charge in [-0.15, -0.1) is 0 Å². The van der Waals surface area contributed by atoms with E-state index in [2.05, 4.69) is 34.4 Å². The average Bonchev–Trinajstić information content (AvgIpc) is 2.91. The van der Waals surface area contributed by atoms with E-state index in [1.54, 1.807) is 0 Å². The van der Waals surface area contributed by atoms with Gasteiger partial charge in [-0.3, -0.25) is 4.57 Å². The lowest BCUT2D eigenvalue weighted by Gasteiger charge is -2.16. The number of aryl methyl sites for hydroxylation is 2. The fourth-order valence-electron chi connectivity index (χ4n) is 3.09. The maximum Gasteiger partial charge on any atom is 0.140 e. The highest BCUT2D eigenvalue weighted by Crippen LogP contribution is 2.24. The summed E-state index contributed by atoms with van der Waals surface area (Å²) in [6.07, 6.45) is 10.5. The van der Waals surface area contributed by atoms with Gasteiger partial charge in [-0.1, -0.05) is 13.0 Å². The number of rotatable bonds is 4. The van der Waals surface area contributed by atoms with Crippen LogP contribution in [0.15, 0.2) is 18.6 Å². The third-order valence-corrected chi connectivity index (χ3v) is 4.39. The summed E-state index contributed by atoms with van der Waals surface area (Å²) in [5.41, 5.74) is 11.0. The smallest absolute Gasteiger partial charge is 0.140 e. The van der Waals surface area contributed by atoms with Crippen molar-refractivity contribution in [2.75, 3.05) is 0 Å². The van der Waals surface area contributed by atoms with Crippen LogP contribution in [0.2, 0.25) is 0 Å². The number of imidazole rings is 1. The quantitative estimate of drug-likeness (QED) is 0.939. The van der Waals surface area contributed by atoms with Gasteiger partial charge in [0.2, 0.25) is 0 Å². The fraction of sp³-hybridized carbons (Fsp3) is 0.529. The minimum atomic E-state index is 0.220. The zero-order valence-corrected chi connectivity index (χ0v) is 13.0. The van der Waals surface area contributed by atoms with Crippen LogP contribution in [0.25, 0.3) is 5.82 Å². The number of nitrogens with zero attached hydrogens (tertiary/aromatic N) is 3. The van der Waals surface area contributed by atoms with Crippen molar-refractivity contribution in [3.8, 4) is 5.82 Å². The summed E-state index contributed by atoms with van der Waals surface area (Å²) < 4.78 is 2.17. The number of hydrogen-bond donors (Lipinski definition) is 1. The third-order valence-electron chi connectivity index (χ3n) is 4.39. The van der Waals surface area contributed by atoms with E-state index in [9.17, 15) is 0 Å². The second-order valence-corrected chi connectivity index (χ2v) is 6.07. The van der Waals surface area contributed by atoms with Crippen molar-refractivity contribution in [1.29, 1.82) is 0 Å². The molecule has 0 aromatic carbocycles. The van der Waals surface area contributed by atoms with Crippen LogP contribution in [-0.4, -0.2) is 20.6 Å². The van der Waals surface area contributed by atoms with Crippen molar-refractivity contribution in [2.24, 2.45) is 5.73 Å². The monoisotopic (exact) mass is 284 g/mol. The molecule has 0 amide bonds. The molecule has 1 aliphatic rings. The molecule has 1 aliphatic carbocycles. The number of fused-ring (bicyclic) bond motifs is 1. The van der Waals surface area contributed by atoms with Crippen LogP contribution in [0.3, 0.4) is 0 Å². The lowest BCUT2D eigenvalue weighted by molar-refractivity contribution is 0.643. The Morgan fingerprint density at radius 1 is 1.29 bits per heavy atom. The van der Waals surface area contributed by atoms with Gasteiger partial charge in [-0.2, -0.15) is 0 Å². The molecule has 3 rings (SSSR count). The van der Waals surface area contributed by atoms with E-state index in [4.69, 9.17) is 5.73 Å². The summed E-state index contributed by atoms with van der Waals surface area (Å²) in [4.78, 5) is 9.24. The van der Waals surface area contributed by atoms with Gasteiger partial charge in [0, 0.05) is 17.9 Å². The Balaban J connectivity index is 1.91. The van der Waals surface area contributed by atoms with Gasteiger partial charge < -0.3 is 5.73 Å². The molecule has 2 aromatic heterocycles. The van der Waals surface area contributed by atoms with Crippen LogP contribution in [0.4, 0.5) is 0 Å². The molecule has 4 nitrogen and oxygen atoms in total. The second-order valence-electron chi connectivity index (χ2n) is 6.07. The molecule has 4 heteroatoms. The van der Waals surface area contributed by atoms with Crippen LogP contribution < -0.4 is 5.73 Å². The number of pyridine rings is 1.